The number of Topliss-reactive ketones (excluding diaryl/α,β-unsaturated/α-hetero) is 1. The van der Waals surface area contributed by atoms with Crippen LogP contribution in [0.3, 0.4) is 0 Å². The van der Waals surface area contributed by atoms with Gasteiger partial charge in [-0.05, 0) is 37.3 Å². The van der Waals surface area contributed by atoms with Gasteiger partial charge in [-0.25, -0.2) is 4.79 Å². The van der Waals surface area contributed by atoms with E-state index in [1.807, 2.05) is 30.3 Å². The molecule has 3 rings (SSSR count). The van der Waals surface area contributed by atoms with Crippen molar-refractivity contribution in [2.75, 3.05) is 13.7 Å². The summed E-state index contributed by atoms with van der Waals surface area (Å²) in [5.41, 5.74) is 1.26. The number of esters is 1. The third kappa shape index (κ3) is 4.73. The molecule has 28 heavy (non-hydrogen) atoms. The van der Waals surface area contributed by atoms with Gasteiger partial charge in [0.05, 0.1) is 7.11 Å². The topological polar surface area (TPSA) is 101 Å². The van der Waals surface area contributed by atoms with Crippen molar-refractivity contribution >= 4 is 11.8 Å². The van der Waals surface area contributed by atoms with Crippen molar-refractivity contribution in [2.24, 2.45) is 0 Å². The van der Waals surface area contributed by atoms with E-state index in [-0.39, 0.29) is 24.9 Å². The number of ketones is 1. The first-order valence-corrected chi connectivity index (χ1v) is 8.42. The number of hydrogen-bond acceptors (Lipinski definition) is 8. The van der Waals surface area contributed by atoms with Crippen LogP contribution in [0.25, 0.3) is 11.5 Å². The molecular formula is C20H18N2O6. The SMILES string of the molecule is COc1cc(C(C)=O)ccc1OCC(=O)OCc1nnc(-c2ccccc2)o1. The Morgan fingerprint density at radius 2 is 1.82 bits per heavy atom. The second kappa shape index (κ2) is 8.81. The van der Waals surface area contributed by atoms with Crippen LogP contribution in [0.2, 0.25) is 0 Å². The number of rotatable bonds is 8. The molecule has 0 saturated heterocycles. The molecule has 0 unspecified atom stereocenters. The van der Waals surface area contributed by atoms with Crippen LogP contribution >= 0.6 is 0 Å². The second-order valence-corrected chi connectivity index (χ2v) is 5.74. The van der Waals surface area contributed by atoms with E-state index in [9.17, 15) is 9.59 Å². The van der Waals surface area contributed by atoms with E-state index in [0.717, 1.165) is 5.56 Å². The predicted octanol–water partition coefficient (Wildman–Crippen LogP) is 3.07. The summed E-state index contributed by atoms with van der Waals surface area (Å²) in [6.07, 6.45) is 0. The summed E-state index contributed by atoms with van der Waals surface area (Å²) in [5, 5.41) is 7.77. The Balaban J connectivity index is 1.53. The summed E-state index contributed by atoms with van der Waals surface area (Å²) in [6.45, 7) is 0.950. The highest BCUT2D eigenvalue weighted by atomic mass is 16.6. The third-order valence-electron chi connectivity index (χ3n) is 3.76. The molecule has 8 nitrogen and oxygen atoms in total. The van der Waals surface area contributed by atoms with E-state index in [1.54, 1.807) is 18.2 Å². The monoisotopic (exact) mass is 382 g/mol. The lowest BCUT2D eigenvalue weighted by atomic mass is 10.1. The summed E-state index contributed by atoms with van der Waals surface area (Å²) in [4.78, 5) is 23.3. The smallest absolute Gasteiger partial charge is 0.344 e. The molecule has 0 aliphatic rings. The number of carbonyl (C=O) groups excluding carboxylic acids is 2. The van der Waals surface area contributed by atoms with Crippen LogP contribution in [-0.4, -0.2) is 35.7 Å². The van der Waals surface area contributed by atoms with Gasteiger partial charge in [0.1, 0.15) is 0 Å². The van der Waals surface area contributed by atoms with Gasteiger partial charge >= 0.3 is 5.97 Å². The van der Waals surface area contributed by atoms with Crippen molar-refractivity contribution < 1.29 is 28.2 Å². The molecule has 1 aromatic heterocycles. The van der Waals surface area contributed by atoms with Crippen molar-refractivity contribution in [1.82, 2.24) is 10.2 Å². The Hall–Kier alpha value is -3.68. The Labute approximate surface area is 161 Å². The molecule has 0 spiro atoms. The van der Waals surface area contributed by atoms with Gasteiger partial charge in [-0.3, -0.25) is 4.79 Å². The fourth-order valence-electron chi connectivity index (χ4n) is 2.34. The molecule has 2 aromatic carbocycles. The van der Waals surface area contributed by atoms with Crippen LogP contribution < -0.4 is 9.47 Å². The Kier molecular flexibility index (Phi) is 6.01. The zero-order chi connectivity index (χ0) is 19.9. The largest absolute Gasteiger partial charge is 0.493 e. The molecule has 3 aromatic rings. The average molecular weight is 382 g/mol. The molecule has 0 amide bonds. The molecule has 0 atom stereocenters. The van der Waals surface area contributed by atoms with E-state index >= 15 is 0 Å². The summed E-state index contributed by atoms with van der Waals surface area (Å²) < 4.78 is 21.1. The minimum absolute atomic E-state index is 0.0984. The van der Waals surface area contributed by atoms with Crippen LogP contribution in [0.5, 0.6) is 11.5 Å². The zero-order valence-electron chi connectivity index (χ0n) is 15.4. The van der Waals surface area contributed by atoms with Crippen LogP contribution in [0.1, 0.15) is 23.2 Å². The normalized spacial score (nSPS) is 10.4. The van der Waals surface area contributed by atoms with E-state index in [0.29, 0.717) is 23.0 Å². The highest BCUT2D eigenvalue weighted by Crippen LogP contribution is 2.28. The molecular weight excluding hydrogens is 364 g/mol. The summed E-state index contributed by atoms with van der Waals surface area (Å²) in [7, 11) is 1.45. The number of hydrogen-bond donors (Lipinski definition) is 0. The zero-order valence-corrected chi connectivity index (χ0v) is 15.4. The molecule has 0 radical (unpaired) electrons. The van der Waals surface area contributed by atoms with Gasteiger partial charge in [0, 0.05) is 11.1 Å². The van der Waals surface area contributed by atoms with Gasteiger partial charge in [-0.2, -0.15) is 0 Å². The first kappa shape index (κ1) is 19.1. The third-order valence-corrected chi connectivity index (χ3v) is 3.76. The molecule has 0 fully saturated rings. The number of carbonyl (C=O) groups is 2. The molecule has 0 aliphatic carbocycles. The lowest BCUT2D eigenvalue weighted by Crippen LogP contribution is -2.15. The number of ether oxygens (including phenoxy) is 3. The van der Waals surface area contributed by atoms with Crippen molar-refractivity contribution in [3.63, 3.8) is 0 Å². The number of benzene rings is 2. The van der Waals surface area contributed by atoms with Gasteiger partial charge in [0.2, 0.25) is 5.89 Å². The minimum Gasteiger partial charge on any atom is -0.493 e. The molecule has 0 saturated carbocycles. The predicted molar refractivity (Wildman–Crippen MR) is 98.0 cm³/mol. The van der Waals surface area contributed by atoms with Crippen LogP contribution in [0.4, 0.5) is 0 Å². The lowest BCUT2D eigenvalue weighted by Gasteiger charge is -2.11. The van der Waals surface area contributed by atoms with E-state index in [1.165, 1.54) is 14.0 Å². The van der Waals surface area contributed by atoms with Crippen molar-refractivity contribution in [1.29, 1.82) is 0 Å². The van der Waals surface area contributed by atoms with Gasteiger partial charge in [-0.15, -0.1) is 10.2 Å². The van der Waals surface area contributed by atoms with Gasteiger partial charge in [0.25, 0.3) is 5.89 Å². The maximum atomic E-state index is 11.9. The number of nitrogens with zero attached hydrogens (tertiary/aromatic N) is 2. The molecule has 8 heteroatoms. The van der Waals surface area contributed by atoms with Crippen molar-refractivity contribution in [2.45, 2.75) is 13.5 Å². The molecule has 0 aliphatic heterocycles. The van der Waals surface area contributed by atoms with Crippen LogP contribution in [-0.2, 0) is 16.1 Å². The maximum absolute atomic E-state index is 11.9. The summed E-state index contributed by atoms with van der Waals surface area (Å²) in [6, 6.07) is 14.0. The number of aromatic nitrogens is 2. The van der Waals surface area contributed by atoms with Crippen LogP contribution in [0.15, 0.2) is 52.9 Å². The fourth-order valence-corrected chi connectivity index (χ4v) is 2.34. The van der Waals surface area contributed by atoms with E-state index in [2.05, 4.69) is 10.2 Å². The van der Waals surface area contributed by atoms with Crippen LogP contribution in [0, 0.1) is 0 Å². The standard InChI is InChI=1S/C20H18N2O6/c1-13(23)15-8-9-16(17(10-15)25-2)26-12-19(24)27-11-18-21-22-20(28-18)14-6-4-3-5-7-14/h3-10H,11-12H2,1-2H3. The lowest BCUT2D eigenvalue weighted by molar-refractivity contribution is -0.148. The van der Waals surface area contributed by atoms with Gasteiger partial charge in [-0.1, -0.05) is 18.2 Å². The second-order valence-electron chi connectivity index (χ2n) is 5.74. The average Bonchev–Trinajstić information content (AvgIpc) is 3.20. The fraction of sp³-hybridized carbons (Fsp3) is 0.200. The highest BCUT2D eigenvalue weighted by Gasteiger charge is 2.13. The summed E-state index contributed by atoms with van der Waals surface area (Å²) in [5.74, 6) is 0.489. The van der Waals surface area contributed by atoms with Gasteiger partial charge in [0.15, 0.2) is 30.5 Å². The molecule has 0 bridgehead atoms. The molecule has 1 heterocycles. The molecule has 0 N–H and O–H groups in total. The van der Waals surface area contributed by atoms with E-state index in [4.69, 9.17) is 18.6 Å². The Morgan fingerprint density at radius 3 is 2.54 bits per heavy atom. The maximum Gasteiger partial charge on any atom is 0.344 e. The van der Waals surface area contributed by atoms with E-state index < -0.39 is 5.97 Å². The number of methoxy groups -OCH3 is 1. The Bertz CT molecular complexity index is 968. The summed E-state index contributed by atoms with van der Waals surface area (Å²) >= 11 is 0. The van der Waals surface area contributed by atoms with Crippen molar-refractivity contribution in [3.8, 4) is 23.0 Å². The van der Waals surface area contributed by atoms with Gasteiger partial charge < -0.3 is 18.6 Å². The molecule has 144 valence electrons. The Morgan fingerprint density at radius 1 is 1.04 bits per heavy atom. The minimum atomic E-state index is -0.614. The first-order chi connectivity index (χ1) is 13.6. The van der Waals surface area contributed by atoms with Crippen molar-refractivity contribution in [3.05, 3.63) is 60.0 Å². The highest BCUT2D eigenvalue weighted by molar-refractivity contribution is 5.94. The quantitative estimate of drug-likeness (QED) is 0.433. The first-order valence-electron chi connectivity index (χ1n) is 8.42.